The maximum absolute atomic E-state index is 12.7. The van der Waals surface area contributed by atoms with Gasteiger partial charge in [-0.05, 0) is 36.3 Å². The molecule has 3 heteroatoms. The van der Waals surface area contributed by atoms with E-state index in [1.807, 2.05) is 13.8 Å². The van der Waals surface area contributed by atoms with Crippen molar-refractivity contribution in [1.82, 2.24) is 4.98 Å². The van der Waals surface area contributed by atoms with E-state index >= 15 is 0 Å². The van der Waals surface area contributed by atoms with E-state index in [-0.39, 0.29) is 11.1 Å². The number of pyridine rings is 1. The molecule has 1 aliphatic carbocycles. The SMILES string of the molecule is CC.CCC1(c2cccnc2C(F)F)CC1. The van der Waals surface area contributed by atoms with E-state index in [1.165, 1.54) is 6.20 Å². The van der Waals surface area contributed by atoms with Gasteiger partial charge in [0.25, 0.3) is 6.43 Å². The molecule has 1 aromatic rings. The van der Waals surface area contributed by atoms with Gasteiger partial charge in [0.1, 0.15) is 5.69 Å². The minimum absolute atomic E-state index is 0.0139. The summed E-state index contributed by atoms with van der Waals surface area (Å²) in [6.45, 7) is 6.05. The van der Waals surface area contributed by atoms with Crippen LogP contribution in [-0.2, 0) is 5.41 Å². The van der Waals surface area contributed by atoms with Crippen LogP contribution in [0.4, 0.5) is 8.78 Å². The first-order chi connectivity index (χ1) is 7.69. The van der Waals surface area contributed by atoms with Gasteiger partial charge in [-0.25, -0.2) is 8.78 Å². The summed E-state index contributed by atoms with van der Waals surface area (Å²) in [4.78, 5) is 3.78. The van der Waals surface area contributed by atoms with Crippen molar-refractivity contribution in [3.63, 3.8) is 0 Å². The number of hydrogen-bond acceptors (Lipinski definition) is 1. The molecule has 1 aromatic heterocycles. The van der Waals surface area contributed by atoms with Crippen molar-refractivity contribution >= 4 is 0 Å². The molecule has 0 saturated heterocycles. The normalized spacial score (nSPS) is 16.6. The topological polar surface area (TPSA) is 12.9 Å². The molecule has 1 aliphatic rings. The second-order valence-electron chi connectivity index (χ2n) is 3.87. The van der Waals surface area contributed by atoms with Gasteiger partial charge in [-0.2, -0.15) is 0 Å². The quantitative estimate of drug-likeness (QED) is 0.741. The fourth-order valence-corrected chi connectivity index (χ4v) is 2.00. The van der Waals surface area contributed by atoms with Gasteiger partial charge in [0.15, 0.2) is 0 Å². The van der Waals surface area contributed by atoms with Crippen LogP contribution in [0, 0.1) is 0 Å². The van der Waals surface area contributed by atoms with Gasteiger partial charge >= 0.3 is 0 Å². The average molecular weight is 227 g/mol. The van der Waals surface area contributed by atoms with Crippen LogP contribution >= 0.6 is 0 Å². The van der Waals surface area contributed by atoms with E-state index in [0.717, 1.165) is 24.8 Å². The van der Waals surface area contributed by atoms with Crippen molar-refractivity contribution in [3.8, 4) is 0 Å². The fraction of sp³-hybridized carbons (Fsp3) is 0.615. The van der Waals surface area contributed by atoms with Crippen LogP contribution in [0.1, 0.15) is 57.7 Å². The maximum atomic E-state index is 12.7. The second kappa shape index (κ2) is 5.37. The van der Waals surface area contributed by atoms with Crippen LogP contribution in [0.15, 0.2) is 18.3 Å². The Balaban J connectivity index is 0.000000606. The van der Waals surface area contributed by atoms with E-state index in [4.69, 9.17) is 0 Å². The van der Waals surface area contributed by atoms with Crippen LogP contribution in [0.25, 0.3) is 0 Å². The molecule has 0 spiro atoms. The standard InChI is InChI=1S/C11H13F2N.C2H6/c1-2-11(5-6-11)8-4-3-7-14-9(8)10(12)13;1-2/h3-4,7,10H,2,5-6H2,1H3;1-2H3. The Hall–Kier alpha value is -0.990. The van der Waals surface area contributed by atoms with Crippen LogP contribution in [0.2, 0.25) is 0 Å². The predicted molar refractivity (Wildman–Crippen MR) is 61.7 cm³/mol. The molecule has 1 saturated carbocycles. The summed E-state index contributed by atoms with van der Waals surface area (Å²) in [6, 6.07) is 3.54. The van der Waals surface area contributed by atoms with Gasteiger partial charge in [-0.1, -0.05) is 26.8 Å². The Labute approximate surface area is 95.9 Å². The molecular formula is C13H19F2N. The molecule has 0 aromatic carbocycles. The molecule has 90 valence electrons. The van der Waals surface area contributed by atoms with Crippen molar-refractivity contribution < 1.29 is 8.78 Å². The van der Waals surface area contributed by atoms with Crippen molar-refractivity contribution in [1.29, 1.82) is 0 Å². The molecule has 16 heavy (non-hydrogen) atoms. The van der Waals surface area contributed by atoms with Crippen LogP contribution < -0.4 is 0 Å². The van der Waals surface area contributed by atoms with Gasteiger partial charge in [0.05, 0.1) is 0 Å². The van der Waals surface area contributed by atoms with E-state index in [9.17, 15) is 8.78 Å². The zero-order valence-electron chi connectivity index (χ0n) is 10.1. The Bertz CT molecular complexity index is 332. The first-order valence-electron chi connectivity index (χ1n) is 5.93. The molecule has 1 fully saturated rings. The van der Waals surface area contributed by atoms with Gasteiger partial charge in [0, 0.05) is 6.20 Å². The van der Waals surface area contributed by atoms with Crippen molar-refractivity contribution in [2.24, 2.45) is 0 Å². The summed E-state index contributed by atoms with van der Waals surface area (Å²) in [5.74, 6) is 0. The Kier molecular flexibility index (Phi) is 4.39. The van der Waals surface area contributed by atoms with E-state index in [1.54, 1.807) is 12.1 Å². The Morgan fingerprint density at radius 1 is 1.38 bits per heavy atom. The van der Waals surface area contributed by atoms with Gasteiger partial charge < -0.3 is 0 Å². The van der Waals surface area contributed by atoms with Crippen molar-refractivity contribution in [2.75, 3.05) is 0 Å². The maximum Gasteiger partial charge on any atom is 0.280 e. The molecule has 0 radical (unpaired) electrons. The number of halogens is 2. The molecular weight excluding hydrogens is 208 g/mol. The lowest BCUT2D eigenvalue weighted by molar-refractivity contribution is 0.144. The third kappa shape index (κ3) is 2.39. The predicted octanol–water partition coefficient (Wildman–Crippen LogP) is 4.49. The minimum atomic E-state index is -2.45. The van der Waals surface area contributed by atoms with Gasteiger partial charge in [-0.3, -0.25) is 4.98 Å². The molecule has 0 bridgehead atoms. The Morgan fingerprint density at radius 3 is 2.44 bits per heavy atom. The molecule has 0 amide bonds. The number of alkyl halides is 2. The highest BCUT2D eigenvalue weighted by Crippen LogP contribution is 2.52. The first kappa shape index (κ1) is 13.1. The lowest BCUT2D eigenvalue weighted by Gasteiger charge is -2.16. The molecule has 1 nitrogen and oxygen atoms in total. The summed E-state index contributed by atoms with van der Waals surface area (Å²) in [7, 11) is 0. The summed E-state index contributed by atoms with van der Waals surface area (Å²) in [5, 5.41) is 0. The molecule has 0 atom stereocenters. The summed E-state index contributed by atoms with van der Waals surface area (Å²) < 4.78 is 25.3. The van der Waals surface area contributed by atoms with E-state index in [2.05, 4.69) is 11.9 Å². The summed E-state index contributed by atoms with van der Waals surface area (Å²) in [6.07, 6.45) is 1.97. The second-order valence-corrected chi connectivity index (χ2v) is 3.87. The number of hydrogen-bond donors (Lipinski definition) is 0. The number of aromatic nitrogens is 1. The van der Waals surface area contributed by atoms with Crippen molar-refractivity contribution in [2.45, 2.75) is 51.9 Å². The van der Waals surface area contributed by atoms with E-state index in [0.29, 0.717) is 0 Å². The highest BCUT2D eigenvalue weighted by Gasteiger charge is 2.44. The van der Waals surface area contributed by atoms with Crippen LogP contribution in [0.3, 0.4) is 0 Å². The van der Waals surface area contributed by atoms with Crippen LogP contribution in [-0.4, -0.2) is 4.98 Å². The zero-order chi connectivity index (χ0) is 12.2. The van der Waals surface area contributed by atoms with E-state index < -0.39 is 6.43 Å². The molecule has 0 aliphatic heterocycles. The fourth-order valence-electron chi connectivity index (χ4n) is 2.00. The first-order valence-corrected chi connectivity index (χ1v) is 5.93. The lowest BCUT2D eigenvalue weighted by Crippen LogP contribution is -2.10. The van der Waals surface area contributed by atoms with Gasteiger partial charge in [0.2, 0.25) is 0 Å². The Morgan fingerprint density at radius 2 is 2.00 bits per heavy atom. The molecule has 0 N–H and O–H groups in total. The number of rotatable bonds is 3. The zero-order valence-corrected chi connectivity index (χ0v) is 10.1. The van der Waals surface area contributed by atoms with Crippen molar-refractivity contribution in [3.05, 3.63) is 29.6 Å². The molecule has 0 unspecified atom stereocenters. The third-order valence-electron chi connectivity index (χ3n) is 3.15. The lowest BCUT2D eigenvalue weighted by atomic mass is 9.92. The smallest absolute Gasteiger partial charge is 0.255 e. The molecule has 2 rings (SSSR count). The average Bonchev–Trinajstić information content (AvgIpc) is 3.12. The number of nitrogens with zero attached hydrogens (tertiary/aromatic N) is 1. The highest BCUT2D eigenvalue weighted by atomic mass is 19.3. The minimum Gasteiger partial charge on any atom is -0.255 e. The highest BCUT2D eigenvalue weighted by molar-refractivity contribution is 5.34. The molecule has 1 heterocycles. The third-order valence-corrected chi connectivity index (χ3v) is 3.15. The van der Waals surface area contributed by atoms with Crippen LogP contribution in [0.5, 0.6) is 0 Å². The van der Waals surface area contributed by atoms with Gasteiger partial charge in [-0.15, -0.1) is 0 Å². The largest absolute Gasteiger partial charge is 0.280 e. The summed E-state index contributed by atoms with van der Waals surface area (Å²) >= 11 is 0. The monoisotopic (exact) mass is 227 g/mol. The summed E-state index contributed by atoms with van der Waals surface area (Å²) in [5.41, 5.74) is 0.754.